The van der Waals surface area contributed by atoms with Gasteiger partial charge in [0.2, 0.25) is 17.6 Å². The minimum Gasteiger partial charge on any atom is -0.324 e. The molecule has 2 amide bonds. The molecule has 7 nitrogen and oxygen atoms in total. The largest absolute Gasteiger partial charge is 0.324 e. The number of fused-ring (bicyclic) bond motifs is 1. The minimum atomic E-state index is -0.425. The molecule has 1 fully saturated rings. The lowest BCUT2D eigenvalue weighted by Crippen LogP contribution is -2.45. The molecular weight excluding hydrogens is 416 g/mol. The molecule has 1 aliphatic carbocycles. The summed E-state index contributed by atoms with van der Waals surface area (Å²) in [6, 6.07) is 13.0. The summed E-state index contributed by atoms with van der Waals surface area (Å²) in [5.74, 6) is -0.402. The van der Waals surface area contributed by atoms with Crippen molar-refractivity contribution in [2.24, 2.45) is 0 Å². The maximum Gasteiger partial charge on any atom is 0.294 e. The number of nitrogens with one attached hydrogen (secondary N) is 1. The van der Waals surface area contributed by atoms with Crippen molar-refractivity contribution < 1.29 is 9.59 Å². The molecule has 4 rings (SSSR count). The van der Waals surface area contributed by atoms with E-state index in [1.807, 2.05) is 44.2 Å². The van der Waals surface area contributed by atoms with Gasteiger partial charge in [-0.1, -0.05) is 43.5 Å². The van der Waals surface area contributed by atoms with Gasteiger partial charge < -0.3 is 5.32 Å². The van der Waals surface area contributed by atoms with Crippen LogP contribution in [0.3, 0.4) is 0 Å². The van der Waals surface area contributed by atoms with E-state index in [0.29, 0.717) is 11.0 Å². The number of carbonyl (C=O) groups excluding carboxylic acids is 2. The van der Waals surface area contributed by atoms with Crippen LogP contribution in [0.25, 0.3) is 11.0 Å². The van der Waals surface area contributed by atoms with Gasteiger partial charge in [-0.3, -0.25) is 23.9 Å². The molecule has 2 aromatic carbocycles. The van der Waals surface area contributed by atoms with Gasteiger partial charge in [0.25, 0.3) is 5.56 Å². The van der Waals surface area contributed by atoms with E-state index in [2.05, 4.69) is 10.3 Å². The van der Waals surface area contributed by atoms with Gasteiger partial charge >= 0.3 is 0 Å². The van der Waals surface area contributed by atoms with Crippen LogP contribution in [0.4, 0.5) is 11.5 Å². The van der Waals surface area contributed by atoms with Crippen LogP contribution in [0, 0.1) is 13.8 Å². The number of aryl methyl sites for hydroxylation is 2. The zero-order valence-electron chi connectivity index (χ0n) is 19.4. The van der Waals surface area contributed by atoms with Crippen molar-refractivity contribution in [3.05, 3.63) is 63.9 Å². The number of carbonyl (C=O) groups is 2. The summed E-state index contributed by atoms with van der Waals surface area (Å²) in [4.78, 5) is 45.4. The normalized spacial score (nSPS) is 14.3. The predicted molar refractivity (Wildman–Crippen MR) is 131 cm³/mol. The Bertz CT molecular complexity index is 1260. The number of hydrogen-bond acceptors (Lipinski definition) is 4. The van der Waals surface area contributed by atoms with Crippen molar-refractivity contribution in [1.82, 2.24) is 9.55 Å². The molecule has 0 atom stereocenters. The summed E-state index contributed by atoms with van der Waals surface area (Å²) in [5, 5.41) is 2.93. The Hall–Kier alpha value is -3.48. The number of anilines is 2. The molecule has 1 aromatic heterocycles. The minimum absolute atomic E-state index is 0.0465. The van der Waals surface area contributed by atoms with Gasteiger partial charge in [-0.25, -0.2) is 4.98 Å². The lowest BCUT2D eigenvalue weighted by atomic mass is 9.94. The quantitative estimate of drug-likeness (QED) is 0.632. The summed E-state index contributed by atoms with van der Waals surface area (Å²) in [6.07, 6.45) is 4.88. The standard InChI is InChI=1S/C26H30N4O3/c1-17-13-14-18(2)22(15-17)27-24(32)16-29-23-12-8-7-11-21(23)28-25(26(29)33)30(19(3)31)20-9-5-4-6-10-20/h7-8,11-15,20H,4-6,9-10,16H2,1-3H3,(H,27,32). The first-order chi connectivity index (χ1) is 15.8. The van der Waals surface area contributed by atoms with Gasteiger partial charge in [0.05, 0.1) is 11.0 Å². The highest BCUT2D eigenvalue weighted by Crippen LogP contribution is 2.26. The number of amides is 2. The number of benzene rings is 2. The van der Waals surface area contributed by atoms with E-state index in [1.54, 1.807) is 17.0 Å². The van der Waals surface area contributed by atoms with Crippen LogP contribution in [-0.2, 0) is 16.1 Å². The summed E-state index contributed by atoms with van der Waals surface area (Å²) in [5.41, 5.74) is 3.42. The van der Waals surface area contributed by atoms with Crippen molar-refractivity contribution in [2.75, 3.05) is 10.2 Å². The highest BCUT2D eigenvalue weighted by Gasteiger charge is 2.29. The van der Waals surface area contributed by atoms with Gasteiger partial charge in [-0.15, -0.1) is 0 Å². The molecule has 0 spiro atoms. The molecule has 1 aliphatic rings. The molecule has 172 valence electrons. The van der Waals surface area contributed by atoms with Crippen molar-refractivity contribution >= 4 is 34.4 Å². The average molecular weight is 447 g/mol. The molecule has 0 radical (unpaired) electrons. The van der Waals surface area contributed by atoms with E-state index in [4.69, 9.17) is 0 Å². The third kappa shape index (κ3) is 4.82. The van der Waals surface area contributed by atoms with Crippen LogP contribution >= 0.6 is 0 Å². The fraction of sp³-hybridized carbons (Fsp3) is 0.385. The second kappa shape index (κ2) is 9.57. The predicted octanol–water partition coefficient (Wildman–Crippen LogP) is 4.34. The molecule has 0 unspecified atom stereocenters. The SMILES string of the molecule is CC(=O)N(c1nc2ccccc2n(CC(=O)Nc2cc(C)ccc2C)c1=O)C1CCCCC1. The van der Waals surface area contributed by atoms with Gasteiger partial charge in [-0.2, -0.15) is 0 Å². The van der Waals surface area contributed by atoms with Crippen LogP contribution in [-0.4, -0.2) is 27.4 Å². The van der Waals surface area contributed by atoms with Crippen LogP contribution in [0.2, 0.25) is 0 Å². The van der Waals surface area contributed by atoms with Crippen LogP contribution < -0.4 is 15.8 Å². The first kappa shape index (κ1) is 22.7. The first-order valence-corrected chi connectivity index (χ1v) is 11.5. The molecule has 7 heteroatoms. The average Bonchev–Trinajstić information content (AvgIpc) is 2.79. The number of para-hydroxylation sites is 2. The molecule has 3 aromatic rings. The van der Waals surface area contributed by atoms with Gasteiger partial charge in [0, 0.05) is 18.7 Å². The molecule has 0 bridgehead atoms. The molecule has 1 N–H and O–H groups in total. The summed E-state index contributed by atoms with van der Waals surface area (Å²) >= 11 is 0. The Morgan fingerprint density at radius 1 is 1.09 bits per heavy atom. The third-order valence-corrected chi connectivity index (χ3v) is 6.31. The zero-order valence-corrected chi connectivity index (χ0v) is 19.4. The second-order valence-electron chi connectivity index (χ2n) is 8.86. The number of rotatable bonds is 5. The fourth-order valence-electron chi connectivity index (χ4n) is 4.62. The Labute approximate surface area is 193 Å². The fourth-order valence-corrected chi connectivity index (χ4v) is 4.62. The van der Waals surface area contributed by atoms with E-state index < -0.39 is 5.56 Å². The highest BCUT2D eigenvalue weighted by molar-refractivity contribution is 5.94. The summed E-state index contributed by atoms with van der Waals surface area (Å²) in [7, 11) is 0. The zero-order chi connectivity index (χ0) is 23.5. The Kier molecular flexibility index (Phi) is 6.58. The van der Waals surface area contributed by atoms with Crippen molar-refractivity contribution in [2.45, 2.75) is 65.5 Å². The molecular formula is C26H30N4O3. The number of aromatic nitrogens is 2. The van der Waals surface area contributed by atoms with Gasteiger partial charge in [-0.05, 0) is 56.0 Å². The molecule has 0 saturated heterocycles. The molecule has 1 heterocycles. The van der Waals surface area contributed by atoms with Crippen LogP contribution in [0.1, 0.15) is 50.2 Å². The third-order valence-electron chi connectivity index (χ3n) is 6.31. The van der Waals surface area contributed by atoms with Gasteiger partial charge in [0.1, 0.15) is 6.54 Å². The van der Waals surface area contributed by atoms with Crippen molar-refractivity contribution in [3.63, 3.8) is 0 Å². The van der Waals surface area contributed by atoms with E-state index in [9.17, 15) is 14.4 Å². The Balaban J connectivity index is 1.75. The number of nitrogens with zero attached hydrogens (tertiary/aromatic N) is 3. The topological polar surface area (TPSA) is 84.3 Å². The lowest BCUT2D eigenvalue weighted by Gasteiger charge is -2.32. The molecule has 1 saturated carbocycles. The van der Waals surface area contributed by atoms with Gasteiger partial charge in [0.15, 0.2) is 0 Å². The van der Waals surface area contributed by atoms with E-state index >= 15 is 0 Å². The highest BCUT2D eigenvalue weighted by atomic mass is 16.2. The van der Waals surface area contributed by atoms with E-state index in [-0.39, 0.29) is 30.2 Å². The van der Waals surface area contributed by atoms with Crippen molar-refractivity contribution in [3.8, 4) is 0 Å². The van der Waals surface area contributed by atoms with E-state index in [0.717, 1.165) is 48.9 Å². The smallest absolute Gasteiger partial charge is 0.294 e. The summed E-state index contributed by atoms with van der Waals surface area (Å²) < 4.78 is 1.43. The second-order valence-corrected chi connectivity index (χ2v) is 8.86. The lowest BCUT2D eigenvalue weighted by molar-refractivity contribution is -0.117. The molecule has 33 heavy (non-hydrogen) atoms. The van der Waals surface area contributed by atoms with Crippen LogP contribution in [0.15, 0.2) is 47.3 Å². The van der Waals surface area contributed by atoms with Crippen molar-refractivity contribution in [1.29, 1.82) is 0 Å². The monoisotopic (exact) mass is 446 g/mol. The first-order valence-electron chi connectivity index (χ1n) is 11.5. The number of hydrogen-bond donors (Lipinski definition) is 1. The maximum absolute atomic E-state index is 13.6. The summed E-state index contributed by atoms with van der Waals surface area (Å²) in [6.45, 7) is 5.20. The Morgan fingerprint density at radius 2 is 1.82 bits per heavy atom. The van der Waals surface area contributed by atoms with E-state index in [1.165, 1.54) is 11.5 Å². The maximum atomic E-state index is 13.6. The Morgan fingerprint density at radius 3 is 2.55 bits per heavy atom. The molecule has 0 aliphatic heterocycles. The van der Waals surface area contributed by atoms with Crippen LogP contribution in [0.5, 0.6) is 0 Å².